The van der Waals surface area contributed by atoms with E-state index in [-0.39, 0.29) is 12.5 Å². The van der Waals surface area contributed by atoms with Crippen molar-refractivity contribution in [2.45, 2.75) is 6.54 Å². The lowest BCUT2D eigenvalue weighted by Gasteiger charge is -2.09. The smallest absolute Gasteiger partial charge is 0.252 e. The van der Waals surface area contributed by atoms with Crippen molar-refractivity contribution in [2.24, 2.45) is 0 Å². The van der Waals surface area contributed by atoms with Crippen LogP contribution in [0.25, 0.3) is 33.7 Å². The molecule has 0 aliphatic heterocycles. The number of hydrogen-bond acceptors (Lipinski definition) is 6. The van der Waals surface area contributed by atoms with E-state index in [4.69, 9.17) is 4.42 Å². The minimum absolute atomic E-state index is 0.119. The number of nitrogens with one attached hydrogen (secondary N) is 1. The molecule has 150 valence electrons. The molecule has 0 fully saturated rings. The molecule has 5 rings (SSSR count). The van der Waals surface area contributed by atoms with Crippen LogP contribution < -0.4 is 5.32 Å². The molecule has 2 aromatic carbocycles. The molecule has 1 N–H and O–H groups in total. The topological polar surface area (TPSA) is 93.8 Å². The molecular formula is C24H17N5O2. The number of nitrogens with zero attached hydrogens (tertiary/aromatic N) is 4. The van der Waals surface area contributed by atoms with E-state index in [0.29, 0.717) is 28.7 Å². The number of carbonyl (C=O) groups excluding carboxylic acids is 1. The molecule has 0 aliphatic carbocycles. The number of aromatic nitrogens is 4. The largest absolute Gasteiger partial charge is 0.419 e. The summed E-state index contributed by atoms with van der Waals surface area (Å²) in [5.74, 6) is 0.488. The predicted molar refractivity (Wildman–Crippen MR) is 116 cm³/mol. The number of hydrogen-bond donors (Lipinski definition) is 1. The Morgan fingerprint density at radius 1 is 0.871 bits per heavy atom. The van der Waals surface area contributed by atoms with Crippen LogP contribution in [-0.4, -0.2) is 26.1 Å². The molecule has 0 unspecified atom stereocenters. The van der Waals surface area contributed by atoms with Crippen LogP contribution in [0.5, 0.6) is 0 Å². The average Bonchev–Trinajstić information content (AvgIpc) is 3.32. The highest BCUT2D eigenvalue weighted by Crippen LogP contribution is 2.24. The molecule has 3 aromatic heterocycles. The lowest BCUT2D eigenvalue weighted by molar-refractivity contribution is 0.0949. The van der Waals surface area contributed by atoms with E-state index in [1.54, 1.807) is 12.3 Å². The standard InChI is InChI=1S/C24H17N5O2/c30-23(26-15-22-28-29-24(31-22)16-8-2-1-3-9-16)18-14-21(20-12-6-7-13-25-20)27-19-11-5-4-10-17(18)19/h1-14H,15H2,(H,26,30). The van der Waals surface area contributed by atoms with E-state index in [9.17, 15) is 4.79 Å². The Bertz CT molecular complexity index is 1350. The molecule has 0 spiro atoms. The third-order valence-electron chi connectivity index (χ3n) is 4.78. The average molecular weight is 407 g/mol. The van der Waals surface area contributed by atoms with Crippen LogP contribution in [0, 0.1) is 0 Å². The second-order valence-electron chi connectivity index (χ2n) is 6.84. The third kappa shape index (κ3) is 3.89. The second kappa shape index (κ2) is 8.16. The lowest BCUT2D eigenvalue weighted by Crippen LogP contribution is -2.23. The van der Waals surface area contributed by atoms with Crippen molar-refractivity contribution in [1.29, 1.82) is 0 Å². The molecule has 0 saturated carbocycles. The zero-order valence-electron chi connectivity index (χ0n) is 16.4. The summed E-state index contributed by atoms with van der Waals surface area (Å²) in [6, 6.07) is 24.4. The van der Waals surface area contributed by atoms with E-state index in [0.717, 1.165) is 16.5 Å². The third-order valence-corrected chi connectivity index (χ3v) is 4.78. The van der Waals surface area contributed by atoms with Crippen molar-refractivity contribution in [3.8, 4) is 22.8 Å². The van der Waals surface area contributed by atoms with E-state index in [2.05, 4.69) is 25.5 Å². The van der Waals surface area contributed by atoms with Crippen molar-refractivity contribution in [3.63, 3.8) is 0 Å². The molecule has 7 heteroatoms. The minimum atomic E-state index is -0.254. The van der Waals surface area contributed by atoms with E-state index < -0.39 is 0 Å². The number of para-hydroxylation sites is 1. The number of pyridine rings is 2. The van der Waals surface area contributed by atoms with Gasteiger partial charge in [0.2, 0.25) is 11.8 Å². The molecule has 31 heavy (non-hydrogen) atoms. The van der Waals surface area contributed by atoms with Crippen LogP contribution in [0.2, 0.25) is 0 Å². The summed E-state index contributed by atoms with van der Waals surface area (Å²) in [4.78, 5) is 22.1. The van der Waals surface area contributed by atoms with Crippen LogP contribution in [0.4, 0.5) is 0 Å². The minimum Gasteiger partial charge on any atom is -0.419 e. The Balaban J connectivity index is 1.41. The number of amides is 1. The number of benzene rings is 2. The summed E-state index contributed by atoms with van der Waals surface area (Å²) in [7, 11) is 0. The van der Waals surface area contributed by atoms with Gasteiger partial charge in [0, 0.05) is 17.1 Å². The van der Waals surface area contributed by atoms with Gasteiger partial charge < -0.3 is 9.73 Å². The van der Waals surface area contributed by atoms with Crippen molar-refractivity contribution in [1.82, 2.24) is 25.5 Å². The van der Waals surface area contributed by atoms with Gasteiger partial charge >= 0.3 is 0 Å². The van der Waals surface area contributed by atoms with Crippen LogP contribution in [0.3, 0.4) is 0 Å². The van der Waals surface area contributed by atoms with Gasteiger partial charge in [-0.05, 0) is 36.4 Å². The van der Waals surface area contributed by atoms with Gasteiger partial charge in [-0.25, -0.2) is 4.98 Å². The first-order valence-corrected chi connectivity index (χ1v) is 9.75. The van der Waals surface area contributed by atoms with E-state index in [1.165, 1.54) is 0 Å². The number of rotatable bonds is 5. The Hall–Kier alpha value is -4.39. The zero-order chi connectivity index (χ0) is 21.0. The molecule has 0 bridgehead atoms. The maximum atomic E-state index is 13.0. The fourth-order valence-electron chi connectivity index (χ4n) is 3.28. The van der Waals surface area contributed by atoms with Crippen LogP contribution in [0.15, 0.2) is 89.5 Å². The zero-order valence-corrected chi connectivity index (χ0v) is 16.4. The van der Waals surface area contributed by atoms with Gasteiger partial charge in [-0.3, -0.25) is 9.78 Å². The number of fused-ring (bicyclic) bond motifs is 1. The molecule has 0 aliphatic rings. The first-order chi connectivity index (χ1) is 15.3. The van der Waals surface area contributed by atoms with Crippen LogP contribution in [0.1, 0.15) is 16.2 Å². The first-order valence-electron chi connectivity index (χ1n) is 9.75. The summed E-state index contributed by atoms with van der Waals surface area (Å²) < 4.78 is 5.68. The van der Waals surface area contributed by atoms with Crippen molar-refractivity contribution < 1.29 is 9.21 Å². The quantitative estimate of drug-likeness (QED) is 0.467. The maximum absolute atomic E-state index is 13.0. The van der Waals surface area contributed by atoms with Crippen LogP contribution >= 0.6 is 0 Å². The summed E-state index contributed by atoms with van der Waals surface area (Å²) in [6.07, 6.45) is 1.70. The Kier molecular flexibility index (Phi) is 4.90. The van der Waals surface area contributed by atoms with Crippen molar-refractivity contribution in [2.75, 3.05) is 0 Å². The van der Waals surface area contributed by atoms with Gasteiger partial charge in [0.1, 0.15) is 0 Å². The summed E-state index contributed by atoms with van der Waals surface area (Å²) in [5.41, 5.74) is 3.39. The second-order valence-corrected chi connectivity index (χ2v) is 6.84. The highest BCUT2D eigenvalue weighted by molar-refractivity contribution is 6.07. The molecule has 3 heterocycles. The molecule has 0 radical (unpaired) electrons. The van der Waals surface area contributed by atoms with Gasteiger partial charge in [-0.15, -0.1) is 10.2 Å². The fourth-order valence-corrected chi connectivity index (χ4v) is 3.28. The molecule has 0 saturated heterocycles. The predicted octanol–water partition coefficient (Wildman–Crippen LogP) is 4.28. The lowest BCUT2D eigenvalue weighted by atomic mass is 10.1. The van der Waals surface area contributed by atoms with Gasteiger partial charge in [0.25, 0.3) is 5.91 Å². The summed E-state index contributed by atoms with van der Waals surface area (Å²) in [5, 5.41) is 11.7. The normalized spacial score (nSPS) is 10.8. The Morgan fingerprint density at radius 3 is 2.52 bits per heavy atom. The van der Waals surface area contributed by atoms with Gasteiger partial charge in [-0.2, -0.15) is 0 Å². The molecular weight excluding hydrogens is 390 g/mol. The Labute approximate surface area is 177 Å². The SMILES string of the molecule is O=C(NCc1nnc(-c2ccccc2)o1)c1cc(-c2ccccn2)nc2ccccc12. The summed E-state index contributed by atoms with van der Waals surface area (Å²) >= 11 is 0. The van der Waals surface area contributed by atoms with Gasteiger partial charge in [0.05, 0.1) is 29.0 Å². The highest BCUT2D eigenvalue weighted by Gasteiger charge is 2.16. The molecule has 1 amide bonds. The maximum Gasteiger partial charge on any atom is 0.252 e. The molecule has 0 atom stereocenters. The van der Waals surface area contributed by atoms with E-state index in [1.807, 2.05) is 72.8 Å². The number of carbonyl (C=O) groups is 1. The van der Waals surface area contributed by atoms with E-state index >= 15 is 0 Å². The van der Waals surface area contributed by atoms with Gasteiger partial charge in [-0.1, -0.05) is 42.5 Å². The Morgan fingerprint density at radius 2 is 1.68 bits per heavy atom. The molecule has 5 aromatic rings. The highest BCUT2D eigenvalue weighted by atomic mass is 16.4. The van der Waals surface area contributed by atoms with Gasteiger partial charge in [0.15, 0.2) is 0 Å². The first kappa shape index (κ1) is 18.6. The fraction of sp³-hybridized carbons (Fsp3) is 0.0417. The van der Waals surface area contributed by atoms with Crippen molar-refractivity contribution >= 4 is 16.8 Å². The summed E-state index contributed by atoms with van der Waals surface area (Å²) in [6.45, 7) is 0.119. The monoisotopic (exact) mass is 407 g/mol. The van der Waals surface area contributed by atoms with Crippen LogP contribution in [-0.2, 0) is 6.54 Å². The molecule has 7 nitrogen and oxygen atoms in total. The van der Waals surface area contributed by atoms with Crippen molar-refractivity contribution in [3.05, 3.63) is 96.5 Å².